The molecule has 6 heteroatoms. The molecule has 2 aromatic heterocycles. The summed E-state index contributed by atoms with van der Waals surface area (Å²) in [7, 11) is 1.57. The van der Waals surface area contributed by atoms with Crippen LogP contribution in [0.2, 0.25) is 5.28 Å². The van der Waals surface area contributed by atoms with Crippen LogP contribution in [0.15, 0.2) is 53.5 Å². The molecule has 0 amide bonds. The average molecular weight is 299 g/mol. The molecule has 0 aliphatic rings. The predicted octanol–water partition coefficient (Wildman–Crippen LogP) is 2.56. The van der Waals surface area contributed by atoms with Crippen LogP contribution in [-0.2, 0) is 7.05 Å². The van der Waals surface area contributed by atoms with Crippen LogP contribution < -0.4 is 5.56 Å². The topological polar surface area (TPSA) is 60.7 Å². The van der Waals surface area contributed by atoms with E-state index in [1.165, 1.54) is 10.6 Å². The van der Waals surface area contributed by atoms with Gasteiger partial charge in [0, 0.05) is 24.9 Å². The van der Waals surface area contributed by atoms with Crippen LogP contribution >= 0.6 is 11.6 Å². The number of halogens is 1. The molecule has 1 aromatic carbocycles. The molecule has 0 spiro atoms. The van der Waals surface area contributed by atoms with E-state index >= 15 is 0 Å². The highest BCUT2D eigenvalue weighted by atomic mass is 35.5. The third-order valence-corrected chi connectivity index (χ3v) is 3.37. The minimum absolute atomic E-state index is 0.123. The van der Waals surface area contributed by atoms with E-state index in [2.05, 4.69) is 15.0 Å². The molecule has 0 saturated heterocycles. The summed E-state index contributed by atoms with van der Waals surface area (Å²) < 4.78 is 1.27. The Morgan fingerprint density at radius 3 is 2.52 bits per heavy atom. The number of hydrogen-bond acceptors (Lipinski definition) is 4. The van der Waals surface area contributed by atoms with E-state index in [1.54, 1.807) is 19.3 Å². The van der Waals surface area contributed by atoms with Gasteiger partial charge in [-0.2, -0.15) is 0 Å². The molecule has 0 aliphatic carbocycles. The van der Waals surface area contributed by atoms with E-state index in [9.17, 15) is 4.79 Å². The first-order chi connectivity index (χ1) is 10.1. The van der Waals surface area contributed by atoms with Gasteiger partial charge >= 0.3 is 0 Å². The molecule has 104 valence electrons. The van der Waals surface area contributed by atoms with Crippen molar-refractivity contribution in [3.63, 3.8) is 0 Å². The highest BCUT2D eigenvalue weighted by molar-refractivity contribution is 6.28. The van der Waals surface area contributed by atoms with Crippen molar-refractivity contribution in [1.82, 2.24) is 19.5 Å². The Hall–Kier alpha value is -2.53. The zero-order chi connectivity index (χ0) is 14.8. The van der Waals surface area contributed by atoms with Crippen molar-refractivity contribution in [2.75, 3.05) is 0 Å². The maximum atomic E-state index is 11.8. The number of nitrogens with zero attached hydrogens (tertiary/aromatic N) is 4. The fraction of sp³-hybridized carbons (Fsp3) is 0.0667. The molecule has 0 saturated carbocycles. The van der Waals surface area contributed by atoms with Crippen molar-refractivity contribution in [3.8, 4) is 22.8 Å². The van der Waals surface area contributed by atoms with Crippen molar-refractivity contribution in [3.05, 3.63) is 64.3 Å². The lowest BCUT2D eigenvalue weighted by atomic mass is 10.2. The average Bonchev–Trinajstić information content (AvgIpc) is 2.53. The van der Waals surface area contributed by atoms with Crippen LogP contribution in [-0.4, -0.2) is 19.5 Å². The predicted molar refractivity (Wildman–Crippen MR) is 81.0 cm³/mol. The minimum Gasteiger partial charge on any atom is -0.286 e. The monoisotopic (exact) mass is 298 g/mol. The zero-order valence-corrected chi connectivity index (χ0v) is 11.9. The van der Waals surface area contributed by atoms with Gasteiger partial charge < -0.3 is 0 Å². The fourth-order valence-corrected chi connectivity index (χ4v) is 2.04. The standard InChI is InChI=1S/C15H11ClN4O/c1-20-13(21)9-12(19-15(20)16)11-7-8-17-14(18-11)10-5-3-2-4-6-10/h2-9H,1H3. The van der Waals surface area contributed by atoms with Crippen LogP contribution in [0.4, 0.5) is 0 Å². The van der Waals surface area contributed by atoms with E-state index in [0.29, 0.717) is 17.2 Å². The number of rotatable bonds is 2. The Kier molecular flexibility index (Phi) is 3.50. The maximum absolute atomic E-state index is 11.8. The van der Waals surface area contributed by atoms with Crippen LogP contribution in [0, 0.1) is 0 Å². The van der Waals surface area contributed by atoms with E-state index in [-0.39, 0.29) is 10.8 Å². The van der Waals surface area contributed by atoms with Crippen LogP contribution in [0.5, 0.6) is 0 Å². The van der Waals surface area contributed by atoms with Gasteiger partial charge in [-0.15, -0.1) is 0 Å². The van der Waals surface area contributed by atoms with Gasteiger partial charge in [-0.3, -0.25) is 9.36 Å². The molecule has 0 unspecified atom stereocenters. The summed E-state index contributed by atoms with van der Waals surface area (Å²) in [6, 6.07) is 12.7. The van der Waals surface area contributed by atoms with Gasteiger partial charge in [0.25, 0.3) is 5.56 Å². The third-order valence-electron chi connectivity index (χ3n) is 3.03. The lowest BCUT2D eigenvalue weighted by Gasteiger charge is -2.05. The molecular formula is C15H11ClN4O. The number of benzene rings is 1. The lowest BCUT2D eigenvalue weighted by molar-refractivity contribution is 0.827. The molecule has 0 bridgehead atoms. The Labute approximate surface area is 125 Å². The highest BCUT2D eigenvalue weighted by Gasteiger charge is 2.09. The minimum atomic E-state index is -0.232. The quantitative estimate of drug-likeness (QED) is 0.682. The smallest absolute Gasteiger partial charge is 0.254 e. The Balaban J connectivity index is 2.11. The van der Waals surface area contributed by atoms with Crippen LogP contribution in [0.1, 0.15) is 0 Å². The summed E-state index contributed by atoms with van der Waals surface area (Å²) in [6.07, 6.45) is 1.64. The second kappa shape index (κ2) is 5.46. The van der Waals surface area contributed by atoms with Crippen molar-refractivity contribution < 1.29 is 0 Å². The summed E-state index contributed by atoms with van der Waals surface area (Å²) in [5.41, 5.74) is 1.66. The first-order valence-electron chi connectivity index (χ1n) is 6.27. The second-order valence-electron chi connectivity index (χ2n) is 4.44. The molecule has 3 aromatic rings. The molecule has 2 heterocycles. The third kappa shape index (κ3) is 2.68. The number of aromatic nitrogens is 4. The Morgan fingerprint density at radius 1 is 1.05 bits per heavy atom. The van der Waals surface area contributed by atoms with Gasteiger partial charge in [-0.25, -0.2) is 15.0 Å². The molecule has 0 aliphatic heterocycles. The van der Waals surface area contributed by atoms with E-state index in [1.807, 2.05) is 30.3 Å². The van der Waals surface area contributed by atoms with E-state index < -0.39 is 0 Å². The summed E-state index contributed by atoms with van der Waals surface area (Å²) in [6.45, 7) is 0. The first kappa shape index (κ1) is 13.5. The summed E-state index contributed by atoms with van der Waals surface area (Å²) in [5, 5.41) is 0.123. The van der Waals surface area contributed by atoms with Gasteiger partial charge in [-0.05, 0) is 17.7 Å². The van der Waals surface area contributed by atoms with Gasteiger partial charge in [0.15, 0.2) is 5.82 Å². The van der Waals surface area contributed by atoms with Crippen molar-refractivity contribution >= 4 is 11.6 Å². The van der Waals surface area contributed by atoms with Gasteiger partial charge in [0.2, 0.25) is 5.28 Å². The summed E-state index contributed by atoms with van der Waals surface area (Å²) >= 11 is 5.93. The molecule has 0 fully saturated rings. The van der Waals surface area contributed by atoms with Crippen molar-refractivity contribution in [2.45, 2.75) is 0 Å². The summed E-state index contributed by atoms with van der Waals surface area (Å²) in [4.78, 5) is 24.6. The second-order valence-corrected chi connectivity index (χ2v) is 4.78. The summed E-state index contributed by atoms with van der Waals surface area (Å²) in [5.74, 6) is 0.576. The van der Waals surface area contributed by atoms with Crippen LogP contribution in [0.3, 0.4) is 0 Å². The number of hydrogen-bond donors (Lipinski definition) is 0. The molecule has 0 atom stereocenters. The van der Waals surface area contributed by atoms with Crippen LogP contribution in [0.25, 0.3) is 22.8 Å². The molecule has 0 N–H and O–H groups in total. The van der Waals surface area contributed by atoms with E-state index in [0.717, 1.165) is 5.56 Å². The molecular weight excluding hydrogens is 288 g/mol. The Bertz CT molecular complexity index is 846. The largest absolute Gasteiger partial charge is 0.286 e. The maximum Gasteiger partial charge on any atom is 0.254 e. The fourth-order valence-electron chi connectivity index (χ4n) is 1.87. The lowest BCUT2D eigenvalue weighted by Crippen LogP contribution is -2.18. The molecule has 3 rings (SSSR count). The molecule has 5 nitrogen and oxygen atoms in total. The van der Waals surface area contributed by atoms with Crippen molar-refractivity contribution in [1.29, 1.82) is 0 Å². The normalized spacial score (nSPS) is 10.6. The molecule has 21 heavy (non-hydrogen) atoms. The zero-order valence-electron chi connectivity index (χ0n) is 11.2. The highest BCUT2D eigenvalue weighted by Crippen LogP contribution is 2.19. The Morgan fingerprint density at radius 2 is 1.81 bits per heavy atom. The van der Waals surface area contributed by atoms with E-state index in [4.69, 9.17) is 11.6 Å². The van der Waals surface area contributed by atoms with Gasteiger partial charge in [0.1, 0.15) is 0 Å². The SMILES string of the molecule is Cn1c(Cl)nc(-c2ccnc(-c3ccccc3)n2)cc1=O. The van der Waals surface area contributed by atoms with Gasteiger partial charge in [0.05, 0.1) is 11.4 Å². The molecule has 0 radical (unpaired) electrons. The van der Waals surface area contributed by atoms with Gasteiger partial charge in [-0.1, -0.05) is 30.3 Å². The van der Waals surface area contributed by atoms with Crippen molar-refractivity contribution in [2.24, 2.45) is 7.05 Å². The first-order valence-corrected chi connectivity index (χ1v) is 6.65.